The molecule has 0 N–H and O–H groups in total. The van der Waals surface area contributed by atoms with Crippen molar-refractivity contribution in [2.45, 2.75) is 0 Å². The summed E-state index contributed by atoms with van der Waals surface area (Å²) in [5.41, 5.74) is 1.50. The van der Waals surface area contributed by atoms with E-state index in [9.17, 15) is 0 Å². The first kappa shape index (κ1) is 18.8. The van der Waals surface area contributed by atoms with Crippen molar-refractivity contribution >= 4 is 39.5 Å². The van der Waals surface area contributed by atoms with Crippen molar-refractivity contribution in [2.75, 3.05) is 21.3 Å². The summed E-state index contributed by atoms with van der Waals surface area (Å²) in [5.74, 6) is 2.14. The molecule has 2 heterocycles. The van der Waals surface area contributed by atoms with E-state index in [-0.39, 0.29) is 0 Å². The molecule has 0 atom stereocenters. The van der Waals surface area contributed by atoms with Crippen molar-refractivity contribution in [2.24, 2.45) is 0 Å². The lowest BCUT2D eigenvalue weighted by atomic mass is 10.2. The van der Waals surface area contributed by atoms with Crippen LogP contribution < -0.4 is 14.2 Å². The Bertz CT molecular complexity index is 1150. The van der Waals surface area contributed by atoms with Crippen LogP contribution in [0, 0.1) is 0 Å². The summed E-state index contributed by atoms with van der Waals surface area (Å²) in [6, 6.07) is 8.87. The number of nitrogens with zero attached hydrogens (tertiary/aromatic N) is 4. The average Bonchev–Trinajstić information content (AvgIpc) is 3.28. The van der Waals surface area contributed by atoms with Gasteiger partial charge in [-0.2, -0.15) is 9.61 Å². The Labute approximate surface area is 174 Å². The van der Waals surface area contributed by atoms with Crippen molar-refractivity contribution in [3.63, 3.8) is 0 Å². The lowest BCUT2D eigenvalue weighted by molar-refractivity contribution is 0.324. The Morgan fingerprint density at radius 2 is 1.64 bits per heavy atom. The quantitative estimate of drug-likeness (QED) is 0.445. The molecule has 0 aliphatic heterocycles. The van der Waals surface area contributed by atoms with Gasteiger partial charge in [0.2, 0.25) is 10.7 Å². The minimum Gasteiger partial charge on any atom is -0.493 e. The lowest BCUT2D eigenvalue weighted by Crippen LogP contribution is -1.96. The Kier molecular flexibility index (Phi) is 5.01. The maximum atomic E-state index is 6.32. The molecule has 144 valence electrons. The molecule has 0 aliphatic rings. The van der Waals surface area contributed by atoms with Crippen LogP contribution in [0.2, 0.25) is 10.0 Å². The first-order chi connectivity index (χ1) is 13.5. The molecule has 4 rings (SSSR count). The van der Waals surface area contributed by atoms with Crippen molar-refractivity contribution < 1.29 is 14.2 Å². The third-order valence-corrected chi connectivity index (χ3v) is 5.57. The molecular weight excluding hydrogens is 423 g/mol. The summed E-state index contributed by atoms with van der Waals surface area (Å²) in [6.07, 6.45) is 0. The standard InChI is InChI=1S/C18H14Cl2N4O3S/c1-25-13-6-9(7-14(26-2)15(13)27-3)17-23-24-16(21-22-18(24)28-17)11-5-4-10(19)8-12(11)20/h4-8H,1-3H3. The first-order valence-electron chi connectivity index (χ1n) is 8.03. The fraction of sp³-hybridized carbons (Fsp3) is 0.167. The second-order valence-corrected chi connectivity index (χ2v) is 7.46. The molecule has 0 saturated carbocycles. The fourth-order valence-corrected chi connectivity index (χ4v) is 4.10. The van der Waals surface area contributed by atoms with Crippen molar-refractivity contribution in [1.82, 2.24) is 19.8 Å². The van der Waals surface area contributed by atoms with Gasteiger partial charge in [0, 0.05) is 16.1 Å². The summed E-state index contributed by atoms with van der Waals surface area (Å²) < 4.78 is 17.9. The van der Waals surface area contributed by atoms with Gasteiger partial charge in [0.05, 0.1) is 26.4 Å². The van der Waals surface area contributed by atoms with E-state index in [4.69, 9.17) is 37.4 Å². The molecule has 28 heavy (non-hydrogen) atoms. The van der Waals surface area contributed by atoms with Crippen molar-refractivity contribution in [3.8, 4) is 39.2 Å². The van der Waals surface area contributed by atoms with E-state index < -0.39 is 0 Å². The van der Waals surface area contributed by atoms with Gasteiger partial charge in [-0.25, -0.2) is 0 Å². The van der Waals surface area contributed by atoms with Crippen molar-refractivity contribution in [3.05, 3.63) is 40.4 Å². The van der Waals surface area contributed by atoms with Crippen LogP contribution in [0.25, 0.3) is 26.9 Å². The Balaban J connectivity index is 1.85. The number of halogens is 2. The number of ether oxygens (including phenoxy) is 3. The molecule has 7 nitrogen and oxygen atoms in total. The molecule has 0 amide bonds. The molecule has 0 aliphatic carbocycles. The van der Waals surface area contributed by atoms with Gasteiger partial charge in [-0.3, -0.25) is 0 Å². The molecule has 0 saturated heterocycles. The molecule has 0 bridgehead atoms. The zero-order valence-electron chi connectivity index (χ0n) is 15.1. The molecule has 10 heteroatoms. The number of methoxy groups -OCH3 is 3. The largest absolute Gasteiger partial charge is 0.493 e. The third kappa shape index (κ3) is 3.13. The Morgan fingerprint density at radius 3 is 2.25 bits per heavy atom. The highest BCUT2D eigenvalue weighted by Crippen LogP contribution is 2.42. The van der Waals surface area contributed by atoms with Crippen LogP contribution >= 0.6 is 34.5 Å². The minimum absolute atomic E-state index is 0.476. The number of hydrogen-bond donors (Lipinski definition) is 0. The summed E-state index contributed by atoms with van der Waals surface area (Å²) in [6.45, 7) is 0. The van der Waals surface area contributed by atoms with Crippen LogP contribution in [0.5, 0.6) is 17.2 Å². The molecule has 0 radical (unpaired) electrons. The minimum atomic E-state index is 0.476. The maximum Gasteiger partial charge on any atom is 0.235 e. The van der Waals surface area contributed by atoms with Gasteiger partial charge in [0.1, 0.15) is 5.01 Å². The summed E-state index contributed by atoms with van der Waals surface area (Å²) >= 11 is 13.7. The third-order valence-electron chi connectivity index (χ3n) is 4.07. The highest BCUT2D eigenvalue weighted by atomic mass is 35.5. The Hall–Kier alpha value is -2.55. The summed E-state index contributed by atoms with van der Waals surface area (Å²) in [7, 11) is 4.70. The molecule has 0 fully saturated rings. The van der Waals surface area contributed by atoms with Crippen molar-refractivity contribution in [1.29, 1.82) is 0 Å². The van der Waals surface area contributed by atoms with Gasteiger partial charge >= 0.3 is 0 Å². The SMILES string of the molecule is COc1cc(-c2nn3c(-c4ccc(Cl)cc4Cl)nnc3s2)cc(OC)c1OC. The highest BCUT2D eigenvalue weighted by Gasteiger charge is 2.20. The van der Waals surface area contributed by atoms with Gasteiger partial charge in [0.25, 0.3) is 0 Å². The van der Waals surface area contributed by atoms with E-state index in [2.05, 4.69) is 15.3 Å². The van der Waals surface area contributed by atoms with Crippen LogP contribution in [0.15, 0.2) is 30.3 Å². The topological polar surface area (TPSA) is 70.8 Å². The van der Waals surface area contributed by atoms with Crippen LogP contribution in [-0.4, -0.2) is 41.1 Å². The zero-order valence-corrected chi connectivity index (χ0v) is 17.4. The van der Waals surface area contributed by atoms with Gasteiger partial charge in [-0.05, 0) is 30.3 Å². The van der Waals surface area contributed by atoms with Crippen LogP contribution in [0.1, 0.15) is 0 Å². The second kappa shape index (κ2) is 7.46. The monoisotopic (exact) mass is 436 g/mol. The number of rotatable bonds is 5. The molecule has 4 aromatic rings. The van der Waals surface area contributed by atoms with Crippen LogP contribution in [0.4, 0.5) is 0 Å². The number of benzene rings is 2. The second-order valence-electron chi connectivity index (χ2n) is 5.66. The molecule has 2 aromatic heterocycles. The van der Waals surface area contributed by atoms with Gasteiger partial charge in [0.15, 0.2) is 17.3 Å². The van der Waals surface area contributed by atoms with Crippen LogP contribution in [0.3, 0.4) is 0 Å². The average molecular weight is 437 g/mol. The predicted molar refractivity (Wildman–Crippen MR) is 109 cm³/mol. The van der Waals surface area contributed by atoms with Gasteiger partial charge < -0.3 is 14.2 Å². The van der Waals surface area contributed by atoms with E-state index >= 15 is 0 Å². The number of hydrogen-bond acceptors (Lipinski definition) is 7. The lowest BCUT2D eigenvalue weighted by Gasteiger charge is -2.13. The van der Waals surface area contributed by atoms with E-state index in [1.54, 1.807) is 44.0 Å². The van der Waals surface area contributed by atoms with E-state index in [1.807, 2.05) is 12.1 Å². The van der Waals surface area contributed by atoms with E-state index in [0.29, 0.717) is 43.6 Å². The predicted octanol–water partition coefficient (Wildman–Crippen LogP) is 4.85. The van der Waals surface area contributed by atoms with E-state index in [1.165, 1.54) is 11.3 Å². The fourth-order valence-electron chi connectivity index (χ4n) is 2.78. The summed E-state index contributed by atoms with van der Waals surface area (Å²) in [4.78, 5) is 0.629. The number of fused-ring (bicyclic) bond motifs is 1. The smallest absolute Gasteiger partial charge is 0.235 e. The zero-order chi connectivity index (χ0) is 19.8. The molecule has 2 aromatic carbocycles. The van der Waals surface area contributed by atoms with Crippen LogP contribution in [-0.2, 0) is 0 Å². The summed E-state index contributed by atoms with van der Waals surface area (Å²) in [5, 5.41) is 14.8. The molecule has 0 unspecified atom stereocenters. The first-order valence-corrected chi connectivity index (χ1v) is 9.61. The van der Waals surface area contributed by atoms with Gasteiger partial charge in [-0.15, -0.1) is 10.2 Å². The van der Waals surface area contributed by atoms with Gasteiger partial charge in [-0.1, -0.05) is 34.5 Å². The number of aromatic nitrogens is 4. The molecule has 0 spiro atoms. The molecular formula is C18H14Cl2N4O3S. The van der Waals surface area contributed by atoms with E-state index in [0.717, 1.165) is 10.6 Å². The highest BCUT2D eigenvalue weighted by molar-refractivity contribution is 7.19. The Morgan fingerprint density at radius 1 is 0.929 bits per heavy atom. The maximum absolute atomic E-state index is 6.32. The normalized spacial score (nSPS) is 11.0.